The van der Waals surface area contributed by atoms with Crippen molar-refractivity contribution in [1.82, 2.24) is 0 Å². The minimum absolute atomic E-state index is 0.103. The molecule has 3 rings (SSSR count). The van der Waals surface area contributed by atoms with Crippen LogP contribution in [0.4, 0.5) is 5.69 Å². The Bertz CT molecular complexity index is 790. The minimum atomic E-state index is -3.68. The number of benzene rings is 2. The number of fused-ring (bicyclic) bond motifs is 1. The summed E-state index contributed by atoms with van der Waals surface area (Å²) in [6, 6.07) is 13.4. The second-order valence-corrected chi connectivity index (χ2v) is 7.54. The van der Waals surface area contributed by atoms with E-state index in [4.69, 9.17) is 5.14 Å². The molecule has 1 aliphatic rings. The molecule has 0 amide bonds. The second-order valence-electron chi connectivity index (χ2n) is 5.12. The maximum absolute atomic E-state index is 11.3. The highest BCUT2D eigenvalue weighted by Gasteiger charge is 2.22. The van der Waals surface area contributed by atoms with E-state index in [1.807, 2.05) is 6.07 Å². The largest absolute Gasteiger partial charge is 0.377 e. The van der Waals surface area contributed by atoms with E-state index in [1.165, 1.54) is 23.3 Å². The standard InChI is InChI=1S/C15H15BrN2O2S/c16-13-9-11(21(17,19)20)6-8-15(13)18-14-7-5-10-3-1-2-4-12(10)14/h1-4,6,8-9,14,18H,5,7H2,(H2,17,19,20). The van der Waals surface area contributed by atoms with Crippen molar-refractivity contribution in [3.05, 3.63) is 58.1 Å². The molecule has 1 aliphatic carbocycles. The number of hydrogen-bond donors (Lipinski definition) is 2. The molecule has 21 heavy (non-hydrogen) atoms. The van der Waals surface area contributed by atoms with Crippen LogP contribution >= 0.6 is 15.9 Å². The third-order valence-electron chi connectivity index (χ3n) is 3.73. The Labute approximate surface area is 132 Å². The average Bonchev–Trinajstić information content (AvgIpc) is 2.83. The molecule has 110 valence electrons. The Morgan fingerprint density at radius 1 is 1.19 bits per heavy atom. The molecule has 0 aromatic heterocycles. The summed E-state index contributed by atoms with van der Waals surface area (Å²) in [6.45, 7) is 0. The Kier molecular flexibility index (Phi) is 3.77. The van der Waals surface area contributed by atoms with Gasteiger partial charge in [0.05, 0.1) is 10.9 Å². The zero-order valence-corrected chi connectivity index (χ0v) is 13.6. The van der Waals surface area contributed by atoms with E-state index in [0.717, 1.165) is 18.5 Å². The molecule has 6 heteroatoms. The van der Waals surface area contributed by atoms with Crippen LogP contribution in [0.1, 0.15) is 23.6 Å². The Morgan fingerprint density at radius 2 is 1.95 bits per heavy atom. The van der Waals surface area contributed by atoms with Gasteiger partial charge in [0.25, 0.3) is 0 Å². The smallest absolute Gasteiger partial charge is 0.238 e. The third kappa shape index (κ3) is 2.97. The summed E-state index contributed by atoms with van der Waals surface area (Å²) < 4.78 is 23.4. The lowest BCUT2D eigenvalue weighted by atomic mass is 10.1. The molecule has 0 saturated heterocycles. The van der Waals surface area contributed by atoms with Gasteiger partial charge in [0.1, 0.15) is 0 Å². The van der Waals surface area contributed by atoms with Crippen molar-refractivity contribution in [3.63, 3.8) is 0 Å². The van der Waals surface area contributed by atoms with Crippen molar-refractivity contribution >= 4 is 31.6 Å². The monoisotopic (exact) mass is 366 g/mol. The van der Waals surface area contributed by atoms with Crippen molar-refractivity contribution in [2.24, 2.45) is 5.14 Å². The number of hydrogen-bond acceptors (Lipinski definition) is 3. The van der Waals surface area contributed by atoms with Gasteiger partial charge in [0.15, 0.2) is 0 Å². The molecule has 2 aromatic rings. The number of nitrogens with one attached hydrogen (secondary N) is 1. The lowest BCUT2D eigenvalue weighted by molar-refractivity contribution is 0.598. The molecule has 3 N–H and O–H groups in total. The number of halogens is 1. The summed E-state index contributed by atoms with van der Waals surface area (Å²) in [5, 5.41) is 8.60. The molecule has 1 unspecified atom stereocenters. The van der Waals surface area contributed by atoms with Crippen molar-refractivity contribution < 1.29 is 8.42 Å². The number of nitrogens with two attached hydrogens (primary N) is 1. The van der Waals surface area contributed by atoms with Gasteiger partial charge in [-0.2, -0.15) is 0 Å². The molecule has 4 nitrogen and oxygen atoms in total. The molecular formula is C15H15BrN2O2S. The van der Waals surface area contributed by atoms with E-state index < -0.39 is 10.0 Å². The number of primary sulfonamides is 1. The van der Waals surface area contributed by atoms with Crippen LogP contribution < -0.4 is 10.5 Å². The van der Waals surface area contributed by atoms with Crippen LogP contribution in [-0.4, -0.2) is 8.42 Å². The summed E-state index contributed by atoms with van der Waals surface area (Å²) in [7, 11) is -3.68. The predicted octanol–water partition coefficient (Wildman–Crippen LogP) is 3.20. The fourth-order valence-corrected chi connectivity index (χ4v) is 3.87. The Hall–Kier alpha value is -1.37. The maximum atomic E-state index is 11.3. The van der Waals surface area contributed by atoms with Crippen LogP contribution in [0.5, 0.6) is 0 Å². The first-order valence-electron chi connectivity index (χ1n) is 6.62. The fourth-order valence-electron chi connectivity index (χ4n) is 2.68. The normalized spacial score (nSPS) is 17.5. The Morgan fingerprint density at radius 3 is 2.67 bits per heavy atom. The van der Waals surface area contributed by atoms with Gasteiger partial charge in [-0.1, -0.05) is 24.3 Å². The van der Waals surface area contributed by atoms with Crippen molar-refractivity contribution in [2.45, 2.75) is 23.8 Å². The SMILES string of the molecule is NS(=O)(=O)c1ccc(NC2CCc3ccccc32)c(Br)c1. The highest BCUT2D eigenvalue weighted by atomic mass is 79.9. The first-order valence-corrected chi connectivity index (χ1v) is 8.96. The summed E-state index contributed by atoms with van der Waals surface area (Å²) >= 11 is 3.40. The number of aryl methyl sites for hydroxylation is 1. The van der Waals surface area contributed by atoms with Crippen molar-refractivity contribution in [2.75, 3.05) is 5.32 Å². The third-order valence-corrected chi connectivity index (χ3v) is 5.30. The molecule has 0 aliphatic heterocycles. The highest BCUT2D eigenvalue weighted by Crippen LogP contribution is 2.36. The van der Waals surface area contributed by atoms with E-state index in [-0.39, 0.29) is 10.9 Å². The van der Waals surface area contributed by atoms with E-state index in [0.29, 0.717) is 4.47 Å². The molecule has 0 spiro atoms. The summed E-state index contributed by atoms with van der Waals surface area (Å²) in [4.78, 5) is 0.103. The first kappa shape index (κ1) is 14.6. The van der Waals surface area contributed by atoms with Gasteiger partial charge in [0, 0.05) is 10.2 Å². The molecule has 0 heterocycles. The molecule has 1 atom stereocenters. The first-order chi connectivity index (χ1) is 9.95. The summed E-state index contributed by atoms with van der Waals surface area (Å²) in [5.74, 6) is 0. The molecule has 0 radical (unpaired) electrons. The fraction of sp³-hybridized carbons (Fsp3) is 0.200. The topological polar surface area (TPSA) is 72.2 Å². The van der Waals surface area contributed by atoms with E-state index in [9.17, 15) is 8.42 Å². The molecule has 0 fully saturated rings. The van der Waals surface area contributed by atoms with Gasteiger partial charge in [-0.25, -0.2) is 13.6 Å². The molecule has 0 bridgehead atoms. The average molecular weight is 367 g/mol. The lowest BCUT2D eigenvalue weighted by Gasteiger charge is -2.17. The molecular weight excluding hydrogens is 352 g/mol. The van der Waals surface area contributed by atoms with E-state index in [2.05, 4.69) is 39.4 Å². The zero-order chi connectivity index (χ0) is 15.0. The predicted molar refractivity (Wildman–Crippen MR) is 86.6 cm³/mol. The van der Waals surface area contributed by atoms with Crippen molar-refractivity contribution in [1.29, 1.82) is 0 Å². The van der Waals surface area contributed by atoms with Crippen LogP contribution in [0.3, 0.4) is 0 Å². The van der Waals surface area contributed by atoms with Gasteiger partial charge in [-0.15, -0.1) is 0 Å². The zero-order valence-electron chi connectivity index (χ0n) is 11.2. The van der Waals surface area contributed by atoms with Crippen LogP contribution in [-0.2, 0) is 16.4 Å². The van der Waals surface area contributed by atoms with Crippen LogP contribution in [0, 0.1) is 0 Å². The number of sulfonamides is 1. The quantitative estimate of drug-likeness (QED) is 0.875. The van der Waals surface area contributed by atoms with Crippen LogP contribution in [0.15, 0.2) is 51.8 Å². The minimum Gasteiger partial charge on any atom is -0.377 e. The van der Waals surface area contributed by atoms with Crippen LogP contribution in [0.25, 0.3) is 0 Å². The number of anilines is 1. The van der Waals surface area contributed by atoms with Gasteiger partial charge in [-0.05, 0) is 58.1 Å². The summed E-state index contributed by atoms with van der Waals surface area (Å²) in [6.07, 6.45) is 2.09. The van der Waals surface area contributed by atoms with Gasteiger partial charge >= 0.3 is 0 Å². The Balaban J connectivity index is 1.87. The highest BCUT2D eigenvalue weighted by molar-refractivity contribution is 9.10. The lowest BCUT2D eigenvalue weighted by Crippen LogP contribution is -2.13. The number of rotatable bonds is 3. The van der Waals surface area contributed by atoms with Crippen LogP contribution in [0.2, 0.25) is 0 Å². The molecule has 0 saturated carbocycles. The van der Waals surface area contributed by atoms with E-state index in [1.54, 1.807) is 6.07 Å². The van der Waals surface area contributed by atoms with Gasteiger partial charge < -0.3 is 5.32 Å². The van der Waals surface area contributed by atoms with Crippen molar-refractivity contribution in [3.8, 4) is 0 Å². The maximum Gasteiger partial charge on any atom is 0.238 e. The molecule has 2 aromatic carbocycles. The van der Waals surface area contributed by atoms with E-state index >= 15 is 0 Å². The van der Waals surface area contributed by atoms with Gasteiger partial charge in [-0.3, -0.25) is 0 Å². The second kappa shape index (κ2) is 5.44. The summed E-state index contributed by atoms with van der Waals surface area (Å²) in [5.41, 5.74) is 3.54. The van der Waals surface area contributed by atoms with Gasteiger partial charge in [0.2, 0.25) is 10.0 Å².